The molecular weight excluding hydrogens is 128 g/mol. The summed E-state index contributed by atoms with van der Waals surface area (Å²) in [5.74, 6) is 0.883. The lowest BCUT2D eigenvalue weighted by Gasteiger charge is -1.74. The first-order valence-corrected chi connectivity index (χ1v) is 3.36. The van der Waals surface area contributed by atoms with Crippen LogP contribution < -0.4 is 0 Å². The van der Waals surface area contributed by atoms with Gasteiger partial charge >= 0.3 is 0 Å². The van der Waals surface area contributed by atoms with Crippen molar-refractivity contribution in [2.45, 2.75) is 6.42 Å². The SMILES string of the molecule is O=C1CSC(=S)C1. The van der Waals surface area contributed by atoms with Crippen LogP contribution in [0.2, 0.25) is 0 Å². The van der Waals surface area contributed by atoms with Crippen LogP contribution in [0.15, 0.2) is 0 Å². The van der Waals surface area contributed by atoms with Crippen LogP contribution in [0.4, 0.5) is 0 Å². The van der Waals surface area contributed by atoms with Gasteiger partial charge in [0.2, 0.25) is 0 Å². The Morgan fingerprint density at radius 1 is 1.71 bits per heavy atom. The summed E-state index contributed by atoms with van der Waals surface area (Å²) in [5, 5.41) is 0. The normalized spacial score (nSPS) is 21.1. The molecule has 0 aromatic heterocycles. The molecule has 1 rings (SSSR count). The van der Waals surface area contributed by atoms with E-state index >= 15 is 0 Å². The fourth-order valence-electron chi connectivity index (χ4n) is 0.424. The van der Waals surface area contributed by atoms with Crippen LogP contribution in [0, 0.1) is 0 Å². The average Bonchev–Trinajstić information content (AvgIpc) is 1.87. The molecule has 1 nitrogen and oxygen atoms in total. The van der Waals surface area contributed by atoms with Crippen molar-refractivity contribution in [3.05, 3.63) is 0 Å². The van der Waals surface area contributed by atoms with Gasteiger partial charge in [-0.1, -0.05) is 12.2 Å². The lowest BCUT2D eigenvalue weighted by atomic mass is 10.4. The number of hydrogen-bond donors (Lipinski definition) is 0. The summed E-state index contributed by atoms with van der Waals surface area (Å²) in [4.78, 5) is 10.3. The third-order valence-electron chi connectivity index (χ3n) is 0.736. The maximum Gasteiger partial charge on any atom is 0.148 e. The zero-order chi connectivity index (χ0) is 5.28. The van der Waals surface area contributed by atoms with Crippen LogP contribution in [-0.2, 0) is 4.79 Å². The molecule has 0 bridgehead atoms. The molecule has 0 atom stereocenters. The number of thioether (sulfide) groups is 1. The van der Waals surface area contributed by atoms with Crippen molar-refractivity contribution in [3.8, 4) is 0 Å². The molecule has 1 saturated heterocycles. The number of rotatable bonds is 0. The smallest absolute Gasteiger partial charge is 0.148 e. The maximum atomic E-state index is 10.3. The Morgan fingerprint density at radius 2 is 2.43 bits per heavy atom. The van der Waals surface area contributed by atoms with Crippen molar-refractivity contribution < 1.29 is 4.79 Å². The second-order valence-electron chi connectivity index (χ2n) is 1.38. The number of carbonyl (C=O) groups excluding carboxylic acids is 1. The lowest BCUT2D eigenvalue weighted by Crippen LogP contribution is -1.90. The van der Waals surface area contributed by atoms with Crippen molar-refractivity contribution in [2.75, 3.05) is 5.75 Å². The van der Waals surface area contributed by atoms with E-state index in [1.807, 2.05) is 0 Å². The van der Waals surface area contributed by atoms with Crippen LogP contribution in [0.25, 0.3) is 0 Å². The third kappa shape index (κ3) is 1.24. The molecule has 0 saturated carbocycles. The molecule has 1 fully saturated rings. The van der Waals surface area contributed by atoms with Crippen molar-refractivity contribution >= 4 is 34.0 Å². The Kier molecular flexibility index (Phi) is 1.44. The van der Waals surface area contributed by atoms with Crippen molar-refractivity contribution in [1.82, 2.24) is 0 Å². The van der Waals surface area contributed by atoms with E-state index in [9.17, 15) is 4.79 Å². The Hall–Kier alpha value is 0.110. The van der Waals surface area contributed by atoms with E-state index in [4.69, 9.17) is 12.2 Å². The van der Waals surface area contributed by atoms with Crippen molar-refractivity contribution in [2.24, 2.45) is 0 Å². The Morgan fingerprint density at radius 3 is 2.57 bits per heavy atom. The lowest BCUT2D eigenvalue weighted by molar-refractivity contribution is -0.115. The minimum atomic E-state index is 0.273. The van der Waals surface area contributed by atoms with Gasteiger partial charge in [-0.15, -0.1) is 11.8 Å². The molecule has 0 amide bonds. The van der Waals surface area contributed by atoms with E-state index in [-0.39, 0.29) is 5.78 Å². The topological polar surface area (TPSA) is 17.1 Å². The van der Waals surface area contributed by atoms with Gasteiger partial charge in [0.05, 0.1) is 9.95 Å². The number of hydrogen-bond acceptors (Lipinski definition) is 3. The van der Waals surface area contributed by atoms with E-state index in [0.717, 1.165) is 4.20 Å². The summed E-state index contributed by atoms with van der Waals surface area (Å²) in [6.45, 7) is 0. The van der Waals surface area contributed by atoms with Gasteiger partial charge in [-0.25, -0.2) is 0 Å². The van der Waals surface area contributed by atoms with Crippen molar-refractivity contribution in [1.29, 1.82) is 0 Å². The van der Waals surface area contributed by atoms with E-state index in [0.29, 0.717) is 12.2 Å². The summed E-state index contributed by atoms with van der Waals surface area (Å²) in [6, 6.07) is 0. The van der Waals surface area contributed by atoms with E-state index in [2.05, 4.69) is 0 Å². The Labute approximate surface area is 51.5 Å². The van der Waals surface area contributed by atoms with E-state index < -0.39 is 0 Å². The van der Waals surface area contributed by atoms with E-state index in [1.54, 1.807) is 0 Å². The third-order valence-corrected chi connectivity index (χ3v) is 2.17. The monoisotopic (exact) mass is 132 g/mol. The summed E-state index contributed by atoms with van der Waals surface area (Å²) in [6.07, 6.45) is 0.528. The quantitative estimate of drug-likeness (QED) is 0.458. The molecule has 0 aromatic rings. The highest BCUT2D eigenvalue weighted by atomic mass is 32.2. The van der Waals surface area contributed by atoms with Gasteiger partial charge in [0, 0.05) is 6.42 Å². The number of ketones is 1. The molecule has 38 valence electrons. The molecule has 0 aliphatic carbocycles. The molecule has 0 radical (unpaired) electrons. The fraction of sp³-hybridized carbons (Fsp3) is 0.500. The minimum Gasteiger partial charge on any atom is -0.298 e. The van der Waals surface area contributed by atoms with Gasteiger partial charge < -0.3 is 0 Å². The second-order valence-corrected chi connectivity index (χ2v) is 3.20. The predicted octanol–water partition coefficient (Wildman–Crippen LogP) is 1.02. The molecule has 3 heteroatoms. The molecule has 1 heterocycles. The second kappa shape index (κ2) is 1.92. The van der Waals surface area contributed by atoms with Gasteiger partial charge in [0.1, 0.15) is 5.78 Å². The highest BCUT2D eigenvalue weighted by Crippen LogP contribution is 2.16. The number of carbonyl (C=O) groups is 1. The van der Waals surface area contributed by atoms with Crippen LogP contribution in [0.5, 0.6) is 0 Å². The first-order valence-electron chi connectivity index (χ1n) is 1.96. The van der Waals surface area contributed by atoms with Crippen LogP contribution in [-0.4, -0.2) is 15.7 Å². The molecule has 7 heavy (non-hydrogen) atoms. The van der Waals surface area contributed by atoms with Crippen LogP contribution in [0.3, 0.4) is 0 Å². The first kappa shape index (κ1) is 5.25. The molecular formula is C4H4OS2. The van der Waals surface area contributed by atoms with Crippen LogP contribution in [0.1, 0.15) is 6.42 Å². The molecule has 1 aliphatic heterocycles. The van der Waals surface area contributed by atoms with Gasteiger partial charge in [-0.05, 0) is 0 Å². The first-order chi connectivity index (χ1) is 3.29. The van der Waals surface area contributed by atoms with Gasteiger partial charge in [-0.3, -0.25) is 4.79 Å². The number of Topliss-reactive ketones (excluding diaryl/α,β-unsaturated/α-hetero) is 1. The average molecular weight is 132 g/mol. The van der Waals surface area contributed by atoms with Crippen molar-refractivity contribution in [3.63, 3.8) is 0 Å². The highest BCUT2D eigenvalue weighted by molar-refractivity contribution is 8.24. The molecule has 0 spiro atoms. The zero-order valence-corrected chi connectivity index (χ0v) is 5.27. The zero-order valence-electron chi connectivity index (χ0n) is 3.64. The summed E-state index contributed by atoms with van der Waals surface area (Å²) < 4.78 is 0.852. The number of thiocarbonyl (C=S) groups is 1. The Bertz CT molecular complexity index is 105. The largest absolute Gasteiger partial charge is 0.298 e. The summed E-state index contributed by atoms with van der Waals surface area (Å²) >= 11 is 6.23. The molecule has 0 unspecified atom stereocenters. The molecule has 1 aliphatic rings. The van der Waals surface area contributed by atoms with Gasteiger partial charge in [-0.2, -0.15) is 0 Å². The summed E-state index contributed by atoms with van der Waals surface area (Å²) in [7, 11) is 0. The van der Waals surface area contributed by atoms with E-state index in [1.165, 1.54) is 11.8 Å². The molecule has 0 aromatic carbocycles. The molecule has 0 N–H and O–H groups in total. The predicted molar refractivity (Wildman–Crippen MR) is 34.7 cm³/mol. The standard InChI is InChI=1S/C4H4OS2/c5-3-1-4(6)7-2-3/h1-2H2. The fourth-order valence-corrected chi connectivity index (χ4v) is 1.45. The van der Waals surface area contributed by atoms with Gasteiger partial charge in [0.25, 0.3) is 0 Å². The highest BCUT2D eigenvalue weighted by Gasteiger charge is 2.14. The van der Waals surface area contributed by atoms with Gasteiger partial charge in [0.15, 0.2) is 0 Å². The summed E-state index contributed by atoms with van der Waals surface area (Å²) in [5.41, 5.74) is 0. The maximum absolute atomic E-state index is 10.3. The minimum absolute atomic E-state index is 0.273. The van der Waals surface area contributed by atoms with Crippen LogP contribution >= 0.6 is 24.0 Å². The Balaban J connectivity index is 2.55.